The van der Waals surface area contributed by atoms with E-state index in [1.165, 1.54) is 30.7 Å². The summed E-state index contributed by atoms with van der Waals surface area (Å²) in [6.07, 6.45) is 6.11. The summed E-state index contributed by atoms with van der Waals surface area (Å²) in [4.78, 5) is 32.3. The van der Waals surface area contributed by atoms with Gasteiger partial charge in [-0.2, -0.15) is 0 Å². The number of hydrogen-bond donors (Lipinski definition) is 2. The molecule has 8 heteroatoms. The van der Waals surface area contributed by atoms with Gasteiger partial charge in [0.1, 0.15) is 5.75 Å². The monoisotopic (exact) mass is 380 g/mol. The molecule has 0 bridgehead atoms. The van der Waals surface area contributed by atoms with Gasteiger partial charge in [0.15, 0.2) is 0 Å². The van der Waals surface area contributed by atoms with Crippen molar-refractivity contribution in [1.82, 2.24) is 9.97 Å². The summed E-state index contributed by atoms with van der Waals surface area (Å²) in [7, 11) is 1.49. The number of rotatable bonds is 6. The van der Waals surface area contributed by atoms with Gasteiger partial charge in [0.05, 0.1) is 29.6 Å². The molecule has 0 aliphatic rings. The van der Waals surface area contributed by atoms with E-state index in [2.05, 4.69) is 20.6 Å². The van der Waals surface area contributed by atoms with Crippen LogP contribution in [0.15, 0.2) is 59.7 Å². The number of methoxy groups -OCH3 is 1. The number of hydrogen-bond acceptors (Lipinski definition) is 6. The van der Waals surface area contributed by atoms with Gasteiger partial charge in [-0.15, -0.1) is 11.3 Å². The Morgan fingerprint density at radius 2 is 2.11 bits per heavy atom. The molecule has 0 unspecified atom stereocenters. The molecule has 0 atom stereocenters. The number of anilines is 2. The second-order valence-electron chi connectivity index (χ2n) is 5.35. The molecular weight excluding hydrogens is 364 g/mol. The number of carbonyl (C=O) groups is 2. The number of pyridine rings is 1. The van der Waals surface area contributed by atoms with E-state index < -0.39 is 0 Å². The average molecular weight is 380 g/mol. The summed E-state index contributed by atoms with van der Waals surface area (Å²) in [5.41, 5.74) is 3.88. The van der Waals surface area contributed by atoms with Gasteiger partial charge < -0.3 is 15.4 Å². The van der Waals surface area contributed by atoms with Gasteiger partial charge in [-0.05, 0) is 30.3 Å². The molecule has 0 saturated heterocycles. The van der Waals surface area contributed by atoms with Gasteiger partial charge in [-0.25, -0.2) is 4.98 Å². The first-order chi connectivity index (χ1) is 13.2. The minimum Gasteiger partial charge on any atom is -0.494 e. The minimum absolute atomic E-state index is 0.294. The Bertz CT molecular complexity index is 956. The normalized spacial score (nSPS) is 10.6. The van der Waals surface area contributed by atoms with E-state index in [-0.39, 0.29) is 11.8 Å². The predicted molar refractivity (Wildman–Crippen MR) is 105 cm³/mol. The number of carbonyl (C=O) groups excluding carboxylic acids is 2. The molecule has 0 fully saturated rings. The lowest BCUT2D eigenvalue weighted by molar-refractivity contribution is -0.111. The Kier molecular flexibility index (Phi) is 5.91. The van der Waals surface area contributed by atoms with Gasteiger partial charge in [-0.3, -0.25) is 14.6 Å². The average Bonchev–Trinajstić information content (AvgIpc) is 3.22. The number of amides is 2. The maximum atomic E-state index is 12.3. The van der Waals surface area contributed by atoms with Gasteiger partial charge in [0.25, 0.3) is 5.91 Å². The summed E-state index contributed by atoms with van der Waals surface area (Å²) in [6.45, 7) is 0. The fraction of sp³-hybridized carbons (Fsp3) is 0.0526. The van der Waals surface area contributed by atoms with Crippen LogP contribution in [0.5, 0.6) is 5.75 Å². The maximum absolute atomic E-state index is 12.3. The lowest BCUT2D eigenvalue weighted by Gasteiger charge is -2.12. The van der Waals surface area contributed by atoms with Crippen LogP contribution >= 0.6 is 11.3 Å². The predicted octanol–water partition coefficient (Wildman–Crippen LogP) is 3.45. The van der Waals surface area contributed by atoms with Crippen molar-refractivity contribution in [3.63, 3.8) is 0 Å². The van der Waals surface area contributed by atoms with E-state index in [0.29, 0.717) is 22.7 Å². The summed E-state index contributed by atoms with van der Waals surface area (Å²) in [5, 5.41) is 7.34. The summed E-state index contributed by atoms with van der Waals surface area (Å²) < 4.78 is 5.31. The Morgan fingerprint density at radius 3 is 2.81 bits per heavy atom. The highest BCUT2D eigenvalue weighted by Crippen LogP contribution is 2.28. The molecule has 0 aliphatic heterocycles. The Balaban J connectivity index is 1.68. The Hall–Kier alpha value is -3.52. The molecule has 3 rings (SSSR count). The van der Waals surface area contributed by atoms with Gasteiger partial charge >= 0.3 is 0 Å². The van der Waals surface area contributed by atoms with Crippen LogP contribution in [0.1, 0.15) is 16.1 Å². The quantitative estimate of drug-likeness (QED) is 0.639. The van der Waals surface area contributed by atoms with Crippen LogP contribution in [0.3, 0.4) is 0 Å². The fourth-order valence-electron chi connectivity index (χ4n) is 2.21. The van der Waals surface area contributed by atoms with E-state index in [4.69, 9.17) is 4.74 Å². The first-order valence-electron chi connectivity index (χ1n) is 7.92. The summed E-state index contributed by atoms with van der Waals surface area (Å²) >= 11 is 1.46. The Morgan fingerprint density at radius 1 is 1.22 bits per heavy atom. The first kappa shape index (κ1) is 18.3. The zero-order valence-corrected chi connectivity index (χ0v) is 15.2. The minimum atomic E-state index is -0.301. The van der Waals surface area contributed by atoms with Crippen LogP contribution in [0.4, 0.5) is 11.4 Å². The number of ether oxygens (including phenoxy) is 1. The molecule has 0 radical (unpaired) electrons. The van der Waals surface area contributed by atoms with Crippen LogP contribution in [0.25, 0.3) is 6.08 Å². The summed E-state index contributed by atoms with van der Waals surface area (Å²) in [5.74, 6) is -0.171. The van der Waals surface area contributed by atoms with E-state index in [1.54, 1.807) is 48.1 Å². The number of nitrogens with zero attached hydrogens (tertiary/aromatic N) is 2. The SMILES string of the molecule is COc1cc(NC(=O)/C=C/c2cscn2)ccc1NC(=O)c1cccnc1. The molecule has 2 N–H and O–H groups in total. The van der Waals surface area contributed by atoms with Crippen LogP contribution in [-0.4, -0.2) is 28.9 Å². The Labute approximate surface area is 159 Å². The summed E-state index contributed by atoms with van der Waals surface area (Å²) in [6, 6.07) is 8.32. The van der Waals surface area contributed by atoms with Crippen molar-refractivity contribution in [2.24, 2.45) is 0 Å². The van der Waals surface area contributed by atoms with Crippen molar-refractivity contribution in [3.8, 4) is 5.75 Å². The van der Waals surface area contributed by atoms with Crippen molar-refractivity contribution >= 4 is 40.6 Å². The molecule has 7 nitrogen and oxygen atoms in total. The van der Waals surface area contributed by atoms with Crippen LogP contribution in [0.2, 0.25) is 0 Å². The van der Waals surface area contributed by atoms with Crippen molar-refractivity contribution in [1.29, 1.82) is 0 Å². The third kappa shape index (κ3) is 4.99. The highest BCUT2D eigenvalue weighted by Gasteiger charge is 2.11. The second-order valence-corrected chi connectivity index (χ2v) is 6.07. The maximum Gasteiger partial charge on any atom is 0.257 e. The van der Waals surface area contributed by atoms with Gasteiger partial charge in [0, 0.05) is 35.6 Å². The van der Waals surface area contributed by atoms with Crippen molar-refractivity contribution in [3.05, 3.63) is 70.9 Å². The highest BCUT2D eigenvalue weighted by molar-refractivity contribution is 7.07. The largest absolute Gasteiger partial charge is 0.494 e. The van der Waals surface area contributed by atoms with Crippen molar-refractivity contribution in [2.75, 3.05) is 17.7 Å². The third-order valence-electron chi connectivity index (χ3n) is 3.50. The molecule has 2 heterocycles. The number of nitrogens with one attached hydrogen (secondary N) is 2. The van der Waals surface area contributed by atoms with Gasteiger partial charge in [-0.1, -0.05) is 0 Å². The third-order valence-corrected chi connectivity index (χ3v) is 4.10. The molecule has 27 heavy (non-hydrogen) atoms. The van der Waals surface area contributed by atoms with Crippen molar-refractivity contribution < 1.29 is 14.3 Å². The molecule has 136 valence electrons. The first-order valence-corrected chi connectivity index (χ1v) is 8.86. The van der Waals surface area contributed by atoms with E-state index in [1.807, 2.05) is 5.38 Å². The lowest BCUT2D eigenvalue weighted by Crippen LogP contribution is -2.13. The number of thiazole rings is 1. The highest BCUT2D eigenvalue weighted by atomic mass is 32.1. The van der Waals surface area contributed by atoms with E-state index in [9.17, 15) is 9.59 Å². The van der Waals surface area contributed by atoms with Crippen LogP contribution < -0.4 is 15.4 Å². The molecule has 3 aromatic rings. The number of benzene rings is 1. The smallest absolute Gasteiger partial charge is 0.257 e. The number of aromatic nitrogens is 2. The standard InChI is InChI=1S/C19H16N4O3S/c1-26-17-9-14(22-18(24)7-5-15-11-27-12-21-15)4-6-16(17)23-19(25)13-3-2-8-20-10-13/h2-12H,1H3,(H,22,24)(H,23,25)/b7-5+. The topological polar surface area (TPSA) is 93.2 Å². The molecule has 0 saturated carbocycles. The van der Waals surface area contributed by atoms with Gasteiger partial charge in [0.2, 0.25) is 5.91 Å². The molecule has 2 aromatic heterocycles. The zero-order valence-electron chi connectivity index (χ0n) is 14.4. The molecule has 0 aliphatic carbocycles. The van der Waals surface area contributed by atoms with Crippen LogP contribution in [0, 0.1) is 0 Å². The van der Waals surface area contributed by atoms with Crippen LogP contribution in [-0.2, 0) is 4.79 Å². The molecular formula is C19H16N4O3S. The lowest BCUT2D eigenvalue weighted by atomic mass is 10.2. The van der Waals surface area contributed by atoms with E-state index >= 15 is 0 Å². The molecule has 0 spiro atoms. The van der Waals surface area contributed by atoms with Crippen molar-refractivity contribution in [2.45, 2.75) is 0 Å². The zero-order chi connectivity index (χ0) is 19.1. The molecule has 1 aromatic carbocycles. The second kappa shape index (κ2) is 8.72. The molecule has 2 amide bonds. The fourth-order valence-corrected chi connectivity index (χ4v) is 2.74. The van der Waals surface area contributed by atoms with E-state index in [0.717, 1.165) is 5.69 Å².